The molecule has 4 heteroatoms. The molecule has 1 N–H and O–H groups in total. The van der Waals surface area contributed by atoms with E-state index in [2.05, 4.69) is 35.1 Å². The van der Waals surface area contributed by atoms with Gasteiger partial charge in [-0.2, -0.15) is 0 Å². The lowest BCUT2D eigenvalue weighted by molar-refractivity contribution is 0.191. The number of rotatable bonds is 8. The lowest BCUT2D eigenvalue weighted by Gasteiger charge is -2.29. The van der Waals surface area contributed by atoms with E-state index < -0.39 is 0 Å². The molecule has 1 atom stereocenters. The summed E-state index contributed by atoms with van der Waals surface area (Å²) in [6.07, 6.45) is 1.73. The lowest BCUT2D eigenvalue weighted by atomic mass is 9.81. The summed E-state index contributed by atoms with van der Waals surface area (Å²) in [6, 6.07) is 5.13. The highest BCUT2D eigenvalue weighted by molar-refractivity contribution is 9.10. The molecular formula is C15H23BrFNO. The average molecular weight is 332 g/mol. The molecule has 1 unspecified atom stereocenters. The van der Waals surface area contributed by atoms with Crippen LogP contribution in [0.4, 0.5) is 4.39 Å². The van der Waals surface area contributed by atoms with Crippen molar-refractivity contribution in [1.29, 1.82) is 0 Å². The second-order valence-electron chi connectivity index (χ2n) is 5.25. The maximum absolute atomic E-state index is 13.8. The highest BCUT2D eigenvalue weighted by Crippen LogP contribution is 2.28. The zero-order chi connectivity index (χ0) is 14.3. The molecule has 108 valence electrons. The Kier molecular flexibility index (Phi) is 6.97. The standard InChI is InChI=1S/C15H23BrFNO/c1-4-15(2,11-18-7-8-19-3)10-12-9-13(16)5-6-14(12)17/h5-6,9,18H,4,7-8,10-11H2,1-3H3. The van der Waals surface area contributed by atoms with Crippen molar-refractivity contribution in [3.63, 3.8) is 0 Å². The molecular weight excluding hydrogens is 309 g/mol. The van der Waals surface area contributed by atoms with Crippen LogP contribution in [0.3, 0.4) is 0 Å². The van der Waals surface area contributed by atoms with Gasteiger partial charge < -0.3 is 10.1 Å². The van der Waals surface area contributed by atoms with Crippen LogP contribution in [-0.4, -0.2) is 26.8 Å². The third-order valence-corrected chi connectivity index (χ3v) is 4.01. The molecule has 0 bridgehead atoms. The monoisotopic (exact) mass is 331 g/mol. The molecule has 1 aromatic carbocycles. The van der Waals surface area contributed by atoms with E-state index in [0.29, 0.717) is 6.61 Å². The Morgan fingerprint density at radius 3 is 2.79 bits per heavy atom. The summed E-state index contributed by atoms with van der Waals surface area (Å²) in [4.78, 5) is 0. The quantitative estimate of drug-likeness (QED) is 0.732. The molecule has 0 radical (unpaired) electrons. The molecule has 0 aromatic heterocycles. The van der Waals surface area contributed by atoms with E-state index >= 15 is 0 Å². The van der Waals surface area contributed by atoms with Gasteiger partial charge in [0.1, 0.15) is 5.82 Å². The fourth-order valence-electron chi connectivity index (χ4n) is 2.02. The normalized spacial score (nSPS) is 14.4. The second-order valence-corrected chi connectivity index (χ2v) is 6.16. The molecule has 0 saturated carbocycles. The molecule has 1 aromatic rings. The van der Waals surface area contributed by atoms with Crippen molar-refractivity contribution in [2.75, 3.05) is 26.8 Å². The van der Waals surface area contributed by atoms with Crippen LogP contribution in [0, 0.1) is 11.2 Å². The molecule has 0 spiro atoms. The molecule has 19 heavy (non-hydrogen) atoms. The van der Waals surface area contributed by atoms with Gasteiger partial charge in [0.15, 0.2) is 0 Å². The zero-order valence-electron chi connectivity index (χ0n) is 11.9. The number of ether oxygens (including phenoxy) is 1. The Bertz CT molecular complexity index is 400. The van der Waals surface area contributed by atoms with E-state index in [4.69, 9.17) is 4.74 Å². The lowest BCUT2D eigenvalue weighted by Crippen LogP contribution is -2.35. The third-order valence-electron chi connectivity index (χ3n) is 3.51. The molecule has 0 amide bonds. The van der Waals surface area contributed by atoms with Gasteiger partial charge >= 0.3 is 0 Å². The zero-order valence-corrected chi connectivity index (χ0v) is 13.5. The number of hydrogen-bond donors (Lipinski definition) is 1. The SMILES string of the molecule is CCC(C)(CNCCOC)Cc1cc(Br)ccc1F. The van der Waals surface area contributed by atoms with Gasteiger partial charge in [0.2, 0.25) is 0 Å². The fourth-order valence-corrected chi connectivity index (χ4v) is 2.42. The summed E-state index contributed by atoms with van der Waals surface area (Å²) in [5.41, 5.74) is 0.822. The van der Waals surface area contributed by atoms with Gasteiger partial charge in [-0.25, -0.2) is 4.39 Å². The highest BCUT2D eigenvalue weighted by atomic mass is 79.9. The van der Waals surface area contributed by atoms with Crippen LogP contribution >= 0.6 is 15.9 Å². The number of nitrogens with one attached hydrogen (secondary N) is 1. The first-order valence-electron chi connectivity index (χ1n) is 6.64. The highest BCUT2D eigenvalue weighted by Gasteiger charge is 2.23. The maximum Gasteiger partial charge on any atom is 0.126 e. The number of methoxy groups -OCH3 is 1. The van der Waals surface area contributed by atoms with Gasteiger partial charge in [0, 0.05) is 24.7 Å². The maximum atomic E-state index is 13.8. The molecule has 0 aliphatic carbocycles. The Morgan fingerprint density at radius 2 is 2.16 bits per heavy atom. The Hall–Kier alpha value is -0.450. The average Bonchev–Trinajstić information content (AvgIpc) is 2.39. The van der Waals surface area contributed by atoms with Crippen molar-refractivity contribution in [1.82, 2.24) is 5.32 Å². The van der Waals surface area contributed by atoms with Crippen molar-refractivity contribution in [2.24, 2.45) is 5.41 Å². The summed E-state index contributed by atoms with van der Waals surface area (Å²) in [5, 5.41) is 3.37. The third kappa shape index (κ3) is 5.59. The van der Waals surface area contributed by atoms with Gasteiger partial charge in [-0.3, -0.25) is 0 Å². The summed E-state index contributed by atoms with van der Waals surface area (Å²) in [5.74, 6) is -0.125. The van der Waals surface area contributed by atoms with Gasteiger partial charge in [-0.05, 0) is 42.0 Å². The molecule has 0 aliphatic rings. The van der Waals surface area contributed by atoms with Crippen LogP contribution in [-0.2, 0) is 11.2 Å². The topological polar surface area (TPSA) is 21.3 Å². The van der Waals surface area contributed by atoms with Crippen molar-refractivity contribution in [2.45, 2.75) is 26.7 Å². The smallest absolute Gasteiger partial charge is 0.126 e. The summed E-state index contributed by atoms with van der Waals surface area (Å²) < 4.78 is 19.8. The second kappa shape index (κ2) is 7.98. The van der Waals surface area contributed by atoms with Crippen LogP contribution in [0.15, 0.2) is 22.7 Å². The minimum atomic E-state index is -0.125. The van der Waals surface area contributed by atoms with E-state index in [1.807, 2.05) is 6.07 Å². The first-order chi connectivity index (χ1) is 9.00. The first-order valence-corrected chi connectivity index (χ1v) is 7.43. The van der Waals surface area contributed by atoms with Crippen molar-refractivity contribution < 1.29 is 9.13 Å². The largest absolute Gasteiger partial charge is 0.383 e. The minimum Gasteiger partial charge on any atom is -0.383 e. The van der Waals surface area contributed by atoms with Crippen LogP contribution in [0.2, 0.25) is 0 Å². The molecule has 0 heterocycles. The Balaban J connectivity index is 2.66. The summed E-state index contributed by atoms with van der Waals surface area (Å²) in [6.45, 7) is 6.72. The van der Waals surface area contributed by atoms with Crippen molar-refractivity contribution in [3.8, 4) is 0 Å². The van der Waals surface area contributed by atoms with Crippen LogP contribution in [0.1, 0.15) is 25.8 Å². The minimum absolute atomic E-state index is 0.0510. The summed E-state index contributed by atoms with van der Waals surface area (Å²) in [7, 11) is 1.69. The number of halogens is 2. The van der Waals surface area contributed by atoms with E-state index in [0.717, 1.165) is 36.0 Å². The van der Waals surface area contributed by atoms with E-state index in [1.54, 1.807) is 13.2 Å². The predicted octanol–water partition coefficient (Wildman–Crippen LogP) is 3.78. The van der Waals surface area contributed by atoms with Gasteiger partial charge in [0.25, 0.3) is 0 Å². The molecule has 0 saturated heterocycles. The Morgan fingerprint density at radius 1 is 1.42 bits per heavy atom. The first kappa shape index (κ1) is 16.6. The fraction of sp³-hybridized carbons (Fsp3) is 0.600. The van der Waals surface area contributed by atoms with E-state index in [-0.39, 0.29) is 11.2 Å². The number of hydrogen-bond acceptors (Lipinski definition) is 2. The molecule has 1 rings (SSSR count). The molecule has 0 fully saturated rings. The molecule has 2 nitrogen and oxygen atoms in total. The van der Waals surface area contributed by atoms with E-state index in [1.165, 1.54) is 6.07 Å². The van der Waals surface area contributed by atoms with Crippen molar-refractivity contribution >= 4 is 15.9 Å². The van der Waals surface area contributed by atoms with E-state index in [9.17, 15) is 4.39 Å². The van der Waals surface area contributed by atoms with Gasteiger partial charge in [-0.15, -0.1) is 0 Å². The van der Waals surface area contributed by atoms with Crippen LogP contribution in [0.5, 0.6) is 0 Å². The molecule has 0 aliphatic heterocycles. The van der Waals surface area contributed by atoms with Gasteiger partial charge in [-0.1, -0.05) is 29.8 Å². The van der Waals surface area contributed by atoms with Crippen LogP contribution < -0.4 is 5.32 Å². The van der Waals surface area contributed by atoms with Crippen LogP contribution in [0.25, 0.3) is 0 Å². The van der Waals surface area contributed by atoms with Gasteiger partial charge in [0.05, 0.1) is 6.61 Å². The number of benzene rings is 1. The van der Waals surface area contributed by atoms with Crippen molar-refractivity contribution in [3.05, 3.63) is 34.1 Å². The Labute approximate surface area is 123 Å². The summed E-state index contributed by atoms with van der Waals surface area (Å²) >= 11 is 3.40. The predicted molar refractivity (Wildman–Crippen MR) is 80.9 cm³/mol.